The van der Waals surface area contributed by atoms with Gasteiger partial charge >= 0.3 is 0 Å². The second-order valence-corrected chi connectivity index (χ2v) is 12.5. The van der Waals surface area contributed by atoms with Crippen LogP contribution in [0.2, 0.25) is 5.02 Å². The van der Waals surface area contributed by atoms with Crippen molar-refractivity contribution in [2.45, 2.75) is 0 Å². The number of nitrogens with zero attached hydrogens (tertiary/aromatic N) is 4. The molecule has 0 saturated heterocycles. The van der Waals surface area contributed by atoms with Crippen molar-refractivity contribution in [2.24, 2.45) is 0 Å². The maximum atomic E-state index is 6.45. The number of aromatic nitrogens is 4. The molecule has 0 aliphatic heterocycles. The van der Waals surface area contributed by atoms with E-state index in [9.17, 15) is 0 Å². The average molecular weight is 615 g/mol. The van der Waals surface area contributed by atoms with Gasteiger partial charge in [-0.2, -0.15) is 9.97 Å². The molecular formula is C39H23ClN4S. The number of thiophene rings is 1. The molecular weight excluding hydrogens is 592 g/mol. The molecule has 6 heteroatoms. The quantitative estimate of drug-likeness (QED) is 0.198. The summed E-state index contributed by atoms with van der Waals surface area (Å²) in [6.45, 7) is 0. The van der Waals surface area contributed by atoms with E-state index in [0.29, 0.717) is 22.6 Å². The van der Waals surface area contributed by atoms with Gasteiger partial charge in [0.1, 0.15) is 0 Å². The summed E-state index contributed by atoms with van der Waals surface area (Å²) in [5.74, 6) is 1.74. The highest BCUT2D eigenvalue weighted by atomic mass is 35.5. The van der Waals surface area contributed by atoms with Gasteiger partial charge in [0.05, 0.1) is 11.0 Å². The molecule has 0 aliphatic carbocycles. The monoisotopic (exact) mass is 614 g/mol. The summed E-state index contributed by atoms with van der Waals surface area (Å²) in [5.41, 5.74) is 6.17. The lowest BCUT2D eigenvalue weighted by Crippen LogP contribution is -2.06. The van der Waals surface area contributed by atoms with Crippen molar-refractivity contribution >= 4 is 64.9 Å². The fourth-order valence-corrected chi connectivity index (χ4v) is 7.64. The van der Waals surface area contributed by atoms with Gasteiger partial charge in [-0.1, -0.05) is 115 Å². The smallest absolute Gasteiger partial charge is 0.238 e. The standard InChI is InChI=1S/C39H23ClN4S/c40-27-13-8-12-25(22-27)37-41-38(26-20-21-30-29-14-5-7-19-34(29)45-35(30)23-26)43-39(42-37)44-32-17-6-4-15-31(32)36-28(16-9-18-33(36)44)24-10-2-1-3-11-24/h1-23H. The molecule has 4 nitrogen and oxygen atoms in total. The van der Waals surface area contributed by atoms with E-state index in [4.69, 9.17) is 26.6 Å². The molecule has 45 heavy (non-hydrogen) atoms. The van der Waals surface area contributed by atoms with Crippen LogP contribution in [-0.4, -0.2) is 19.5 Å². The SMILES string of the molecule is Clc1cccc(-c2nc(-c3ccc4c(c3)sc3ccccc34)nc(-n3c4ccccc4c4c(-c5ccccc5)cccc43)n2)c1. The third-order valence-corrected chi connectivity index (χ3v) is 9.69. The van der Waals surface area contributed by atoms with Gasteiger partial charge in [0, 0.05) is 47.1 Å². The minimum atomic E-state index is 0.558. The first-order chi connectivity index (χ1) is 22.2. The van der Waals surface area contributed by atoms with Crippen molar-refractivity contribution in [1.82, 2.24) is 19.5 Å². The van der Waals surface area contributed by atoms with E-state index < -0.39 is 0 Å². The van der Waals surface area contributed by atoms with Gasteiger partial charge in [-0.15, -0.1) is 11.3 Å². The second kappa shape index (κ2) is 10.4. The Morgan fingerprint density at radius 2 is 1.16 bits per heavy atom. The van der Waals surface area contributed by atoms with Crippen LogP contribution in [0.5, 0.6) is 0 Å². The highest BCUT2D eigenvalue weighted by Gasteiger charge is 2.20. The molecule has 212 valence electrons. The molecule has 0 unspecified atom stereocenters. The Morgan fingerprint density at radius 1 is 0.489 bits per heavy atom. The average Bonchev–Trinajstić information content (AvgIpc) is 3.64. The van der Waals surface area contributed by atoms with Gasteiger partial charge < -0.3 is 0 Å². The largest absolute Gasteiger partial charge is 0.278 e. The molecule has 9 aromatic rings. The van der Waals surface area contributed by atoms with E-state index in [1.54, 1.807) is 11.3 Å². The van der Waals surface area contributed by atoms with Gasteiger partial charge in [0.15, 0.2) is 11.6 Å². The molecule has 6 aromatic carbocycles. The molecule has 0 amide bonds. The van der Waals surface area contributed by atoms with Crippen molar-refractivity contribution in [1.29, 1.82) is 0 Å². The number of rotatable bonds is 4. The van der Waals surface area contributed by atoms with E-state index in [1.165, 1.54) is 31.3 Å². The molecule has 0 fully saturated rings. The second-order valence-electron chi connectivity index (χ2n) is 11.0. The highest BCUT2D eigenvalue weighted by Crippen LogP contribution is 2.39. The maximum absolute atomic E-state index is 6.45. The van der Waals surface area contributed by atoms with Gasteiger partial charge in [-0.25, -0.2) is 4.98 Å². The zero-order valence-corrected chi connectivity index (χ0v) is 25.4. The molecule has 0 aliphatic rings. The van der Waals surface area contributed by atoms with E-state index in [0.717, 1.165) is 32.9 Å². The fraction of sp³-hybridized carbons (Fsp3) is 0. The van der Waals surface area contributed by atoms with E-state index in [1.807, 2.05) is 30.3 Å². The minimum absolute atomic E-state index is 0.558. The van der Waals surface area contributed by atoms with Crippen molar-refractivity contribution in [2.75, 3.05) is 0 Å². The zero-order valence-electron chi connectivity index (χ0n) is 23.9. The highest BCUT2D eigenvalue weighted by molar-refractivity contribution is 7.25. The maximum Gasteiger partial charge on any atom is 0.238 e. The first-order valence-electron chi connectivity index (χ1n) is 14.7. The number of para-hydroxylation sites is 1. The predicted octanol–water partition coefficient (Wildman–Crippen LogP) is 11.0. The molecule has 0 saturated carbocycles. The summed E-state index contributed by atoms with van der Waals surface area (Å²) >= 11 is 8.24. The van der Waals surface area contributed by atoms with Crippen LogP contribution >= 0.6 is 22.9 Å². The van der Waals surface area contributed by atoms with E-state index in [2.05, 4.69) is 114 Å². The van der Waals surface area contributed by atoms with Crippen molar-refractivity contribution < 1.29 is 0 Å². The summed E-state index contributed by atoms with van der Waals surface area (Å²) in [6.07, 6.45) is 0. The van der Waals surface area contributed by atoms with Crippen LogP contribution in [-0.2, 0) is 0 Å². The number of fused-ring (bicyclic) bond motifs is 6. The minimum Gasteiger partial charge on any atom is -0.278 e. The van der Waals surface area contributed by atoms with Crippen molar-refractivity contribution in [3.05, 3.63) is 145 Å². The Balaban J connectivity index is 1.33. The first-order valence-corrected chi connectivity index (χ1v) is 15.9. The Hall–Kier alpha value is -5.36. The van der Waals surface area contributed by atoms with Gasteiger partial charge in [0.25, 0.3) is 0 Å². The lowest BCUT2D eigenvalue weighted by Gasteiger charge is -2.11. The fourth-order valence-electron chi connectivity index (χ4n) is 6.31. The zero-order chi connectivity index (χ0) is 29.9. The Morgan fingerprint density at radius 3 is 2.00 bits per heavy atom. The summed E-state index contributed by atoms with van der Waals surface area (Å²) in [5, 5.41) is 5.44. The Kier molecular flexibility index (Phi) is 6.01. The summed E-state index contributed by atoms with van der Waals surface area (Å²) in [7, 11) is 0. The van der Waals surface area contributed by atoms with Crippen molar-refractivity contribution in [3.8, 4) is 39.9 Å². The summed E-state index contributed by atoms with van der Waals surface area (Å²) in [4.78, 5) is 15.3. The summed E-state index contributed by atoms with van der Waals surface area (Å²) in [6, 6.07) is 48.1. The Labute approximate surface area is 267 Å². The lowest BCUT2D eigenvalue weighted by atomic mass is 9.99. The first kappa shape index (κ1) is 26.1. The molecule has 0 bridgehead atoms. The lowest BCUT2D eigenvalue weighted by molar-refractivity contribution is 0.954. The molecule has 0 spiro atoms. The number of hydrogen-bond acceptors (Lipinski definition) is 4. The van der Waals surface area contributed by atoms with Gasteiger partial charge in [-0.05, 0) is 47.5 Å². The number of hydrogen-bond donors (Lipinski definition) is 0. The molecule has 0 N–H and O–H groups in total. The van der Waals surface area contributed by atoms with Crippen LogP contribution in [0, 0.1) is 0 Å². The van der Waals surface area contributed by atoms with Gasteiger partial charge in [0.2, 0.25) is 5.95 Å². The van der Waals surface area contributed by atoms with Crippen LogP contribution in [0.1, 0.15) is 0 Å². The predicted molar refractivity (Wildman–Crippen MR) is 188 cm³/mol. The number of benzene rings is 6. The van der Waals surface area contributed by atoms with E-state index in [-0.39, 0.29) is 0 Å². The molecule has 0 radical (unpaired) electrons. The van der Waals surface area contributed by atoms with E-state index >= 15 is 0 Å². The topological polar surface area (TPSA) is 43.6 Å². The van der Waals surface area contributed by atoms with Crippen LogP contribution in [0.4, 0.5) is 0 Å². The summed E-state index contributed by atoms with van der Waals surface area (Å²) < 4.78 is 4.62. The third-order valence-electron chi connectivity index (χ3n) is 8.33. The third kappa shape index (κ3) is 4.32. The molecule has 0 atom stereocenters. The molecule has 3 heterocycles. The van der Waals surface area contributed by atoms with Crippen LogP contribution in [0.3, 0.4) is 0 Å². The Bertz CT molecular complexity index is 2570. The van der Waals surface area contributed by atoms with Crippen LogP contribution in [0.15, 0.2) is 140 Å². The molecule has 3 aromatic heterocycles. The van der Waals surface area contributed by atoms with Crippen LogP contribution in [0.25, 0.3) is 81.8 Å². The van der Waals surface area contributed by atoms with Crippen molar-refractivity contribution in [3.63, 3.8) is 0 Å². The van der Waals surface area contributed by atoms with Crippen LogP contribution < -0.4 is 0 Å². The van der Waals surface area contributed by atoms with Gasteiger partial charge in [-0.3, -0.25) is 4.57 Å². The molecule has 9 rings (SSSR count). The number of halogens is 1. The normalized spacial score (nSPS) is 11.7.